The summed E-state index contributed by atoms with van der Waals surface area (Å²) in [6, 6.07) is 12.8. The lowest BCUT2D eigenvalue weighted by molar-refractivity contribution is -0.138. The van der Waals surface area contributed by atoms with Crippen molar-refractivity contribution < 1.29 is 9.59 Å². The van der Waals surface area contributed by atoms with E-state index in [0.29, 0.717) is 0 Å². The van der Waals surface area contributed by atoms with E-state index in [0.717, 1.165) is 11.4 Å². The zero-order valence-corrected chi connectivity index (χ0v) is 11.3. The SMILES string of the molecule is O=C1CN(c2ccccc2)C(=O)CN1N=Cc1ccc[nH]1. The van der Waals surface area contributed by atoms with Crippen LogP contribution < -0.4 is 4.90 Å². The molecule has 0 unspecified atom stereocenters. The number of amides is 2. The minimum Gasteiger partial charge on any atom is -0.360 e. The van der Waals surface area contributed by atoms with Crippen LogP contribution in [0.5, 0.6) is 0 Å². The number of hydrogen-bond donors (Lipinski definition) is 1. The molecule has 1 fully saturated rings. The predicted octanol–water partition coefficient (Wildman–Crippen LogP) is 1.22. The van der Waals surface area contributed by atoms with Crippen LogP contribution in [0.25, 0.3) is 0 Å². The molecule has 3 rings (SSSR count). The molecule has 106 valence electrons. The van der Waals surface area contributed by atoms with Gasteiger partial charge >= 0.3 is 0 Å². The van der Waals surface area contributed by atoms with E-state index in [9.17, 15) is 9.59 Å². The Hall–Kier alpha value is -2.89. The molecule has 1 aromatic carbocycles. The van der Waals surface area contributed by atoms with Gasteiger partial charge in [0.05, 0.1) is 11.9 Å². The number of benzene rings is 1. The molecular weight excluding hydrogens is 268 g/mol. The summed E-state index contributed by atoms with van der Waals surface area (Å²) in [5, 5.41) is 5.26. The number of piperazine rings is 1. The normalized spacial score (nSPS) is 16.0. The Labute approximate surface area is 121 Å². The highest BCUT2D eigenvalue weighted by atomic mass is 16.2. The van der Waals surface area contributed by atoms with Gasteiger partial charge in [-0.15, -0.1) is 0 Å². The van der Waals surface area contributed by atoms with E-state index in [4.69, 9.17) is 0 Å². The van der Waals surface area contributed by atoms with Crippen molar-refractivity contribution in [3.63, 3.8) is 0 Å². The number of H-pyrrole nitrogens is 1. The largest absolute Gasteiger partial charge is 0.360 e. The summed E-state index contributed by atoms with van der Waals surface area (Å²) in [5.74, 6) is -0.356. The molecule has 0 radical (unpaired) electrons. The van der Waals surface area contributed by atoms with Crippen LogP contribution in [-0.2, 0) is 9.59 Å². The Kier molecular flexibility index (Phi) is 3.51. The van der Waals surface area contributed by atoms with Crippen molar-refractivity contribution in [2.75, 3.05) is 18.0 Å². The second-order valence-corrected chi connectivity index (χ2v) is 4.64. The molecular formula is C15H14N4O2. The van der Waals surface area contributed by atoms with E-state index in [1.165, 1.54) is 16.1 Å². The molecule has 6 heteroatoms. The lowest BCUT2D eigenvalue weighted by Gasteiger charge is -2.31. The fraction of sp³-hybridized carbons (Fsp3) is 0.133. The topological polar surface area (TPSA) is 68.8 Å². The van der Waals surface area contributed by atoms with Gasteiger partial charge in [-0.25, -0.2) is 5.01 Å². The lowest BCUT2D eigenvalue weighted by Crippen LogP contribution is -2.52. The van der Waals surface area contributed by atoms with Crippen molar-refractivity contribution in [2.24, 2.45) is 5.10 Å². The highest BCUT2D eigenvalue weighted by Gasteiger charge is 2.30. The molecule has 2 aromatic rings. The van der Waals surface area contributed by atoms with Gasteiger partial charge in [-0.05, 0) is 24.3 Å². The Morgan fingerprint density at radius 3 is 2.52 bits per heavy atom. The number of carbonyl (C=O) groups is 2. The maximum atomic E-state index is 12.2. The molecule has 1 aliphatic heterocycles. The molecule has 0 atom stereocenters. The van der Waals surface area contributed by atoms with Gasteiger partial charge in [-0.1, -0.05) is 18.2 Å². The number of hydrazone groups is 1. The van der Waals surface area contributed by atoms with Gasteiger partial charge < -0.3 is 9.88 Å². The average molecular weight is 282 g/mol. The van der Waals surface area contributed by atoms with Crippen LogP contribution in [0.15, 0.2) is 53.8 Å². The van der Waals surface area contributed by atoms with Crippen LogP contribution in [0, 0.1) is 0 Å². The first-order chi connectivity index (χ1) is 10.2. The molecule has 2 amide bonds. The molecule has 2 heterocycles. The number of rotatable bonds is 3. The summed E-state index contributed by atoms with van der Waals surface area (Å²) in [7, 11) is 0. The van der Waals surface area contributed by atoms with Crippen LogP contribution in [0.2, 0.25) is 0 Å². The second-order valence-electron chi connectivity index (χ2n) is 4.64. The number of aromatic nitrogens is 1. The number of para-hydroxylation sites is 1. The minimum atomic E-state index is -0.207. The fourth-order valence-electron chi connectivity index (χ4n) is 2.11. The third kappa shape index (κ3) is 2.84. The second kappa shape index (κ2) is 5.62. The first kappa shape index (κ1) is 13.1. The number of carbonyl (C=O) groups excluding carboxylic acids is 2. The molecule has 1 N–H and O–H groups in total. The van der Waals surface area contributed by atoms with Crippen LogP contribution >= 0.6 is 0 Å². The summed E-state index contributed by atoms with van der Waals surface area (Å²) in [4.78, 5) is 28.7. The van der Waals surface area contributed by atoms with Crippen molar-refractivity contribution >= 4 is 23.7 Å². The summed E-state index contributed by atoms with van der Waals surface area (Å²) >= 11 is 0. The Morgan fingerprint density at radius 1 is 1.00 bits per heavy atom. The predicted molar refractivity (Wildman–Crippen MR) is 78.9 cm³/mol. The van der Waals surface area contributed by atoms with Gasteiger partial charge in [0, 0.05) is 11.9 Å². The summed E-state index contributed by atoms with van der Waals surface area (Å²) in [6.45, 7) is -0.0458. The van der Waals surface area contributed by atoms with Gasteiger partial charge in [0.2, 0.25) is 5.91 Å². The van der Waals surface area contributed by atoms with Crippen molar-refractivity contribution in [3.8, 4) is 0 Å². The Bertz CT molecular complexity index is 664. The third-order valence-electron chi connectivity index (χ3n) is 3.19. The highest BCUT2D eigenvalue weighted by molar-refractivity contribution is 6.04. The average Bonchev–Trinajstić information content (AvgIpc) is 3.02. The molecule has 0 spiro atoms. The van der Waals surface area contributed by atoms with Crippen LogP contribution in [0.3, 0.4) is 0 Å². The van der Waals surface area contributed by atoms with E-state index in [1.807, 2.05) is 42.5 Å². The summed E-state index contributed by atoms with van der Waals surface area (Å²) in [6.07, 6.45) is 3.30. The van der Waals surface area contributed by atoms with Gasteiger partial charge in [-0.2, -0.15) is 5.10 Å². The smallest absolute Gasteiger partial charge is 0.263 e. The molecule has 1 aliphatic rings. The zero-order chi connectivity index (χ0) is 14.7. The number of hydrogen-bond acceptors (Lipinski definition) is 3. The van der Waals surface area contributed by atoms with Gasteiger partial charge in [-0.3, -0.25) is 9.59 Å². The molecule has 21 heavy (non-hydrogen) atoms. The highest BCUT2D eigenvalue weighted by Crippen LogP contribution is 2.17. The van der Waals surface area contributed by atoms with Crippen LogP contribution in [0.1, 0.15) is 5.69 Å². The molecule has 0 aliphatic carbocycles. The van der Waals surface area contributed by atoms with E-state index in [1.54, 1.807) is 6.20 Å². The summed E-state index contributed by atoms with van der Waals surface area (Å²) < 4.78 is 0. The molecule has 0 saturated carbocycles. The number of nitrogens with zero attached hydrogens (tertiary/aromatic N) is 3. The van der Waals surface area contributed by atoms with Gasteiger partial charge in [0.15, 0.2) is 0 Å². The lowest BCUT2D eigenvalue weighted by atomic mass is 10.2. The minimum absolute atomic E-state index is 0.00487. The standard InChI is InChI=1S/C15H14N4O2/c20-14-11-19(17-9-12-5-4-8-16-12)15(21)10-18(14)13-6-2-1-3-7-13/h1-9,16H,10-11H2. The fourth-order valence-corrected chi connectivity index (χ4v) is 2.11. The maximum Gasteiger partial charge on any atom is 0.263 e. The first-order valence-corrected chi connectivity index (χ1v) is 6.57. The van der Waals surface area contributed by atoms with Crippen molar-refractivity contribution in [3.05, 3.63) is 54.4 Å². The number of aromatic amines is 1. The zero-order valence-electron chi connectivity index (χ0n) is 11.3. The summed E-state index contributed by atoms with van der Waals surface area (Å²) in [5.41, 5.74) is 1.50. The number of nitrogens with one attached hydrogen (secondary N) is 1. The Balaban J connectivity index is 1.73. The van der Waals surface area contributed by atoms with Gasteiger partial charge in [0.1, 0.15) is 13.1 Å². The quantitative estimate of drug-likeness (QED) is 0.860. The maximum absolute atomic E-state index is 12.2. The molecule has 6 nitrogen and oxygen atoms in total. The molecule has 1 aromatic heterocycles. The van der Waals surface area contributed by atoms with Gasteiger partial charge in [0.25, 0.3) is 5.91 Å². The van der Waals surface area contributed by atoms with Crippen molar-refractivity contribution in [1.82, 2.24) is 9.99 Å². The van der Waals surface area contributed by atoms with Crippen LogP contribution in [-0.4, -0.2) is 41.1 Å². The van der Waals surface area contributed by atoms with E-state index in [-0.39, 0.29) is 24.9 Å². The van der Waals surface area contributed by atoms with Crippen molar-refractivity contribution in [2.45, 2.75) is 0 Å². The van der Waals surface area contributed by atoms with E-state index in [2.05, 4.69) is 10.1 Å². The first-order valence-electron chi connectivity index (χ1n) is 6.57. The van der Waals surface area contributed by atoms with Crippen LogP contribution in [0.4, 0.5) is 5.69 Å². The molecule has 1 saturated heterocycles. The van der Waals surface area contributed by atoms with Crippen molar-refractivity contribution in [1.29, 1.82) is 0 Å². The Morgan fingerprint density at radius 2 is 1.81 bits per heavy atom. The molecule has 0 bridgehead atoms. The van der Waals surface area contributed by atoms with E-state index < -0.39 is 0 Å². The number of anilines is 1. The monoisotopic (exact) mass is 282 g/mol. The van der Waals surface area contributed by atoms with E-state index >= 15 is 0 Å². The third-order valence-corrected chi connectivity index (χ3v) is 3.19.